The maximum atomic E-state index is 6.97. The number of hydrogen-bond acceptors (Lipinski definition) is 1. The van der Waals surface area contributed by atoms with E-state index in [2.05, 4.69) is 91.8 Å². The summed E-state index contributed by atoms with van der Waals surface area (Å²) < 4.78 is 6.97. The van der Waals surface area contributed by atoms with Crippen molar-refractivity contribution in [2.75, 3.05) is 0 Å². The minimum absolute atomic E-state index is 0.219. The number of fused-ring (bicyclic) bond motifs is 1. The van der Waals surface area contributed by atoms with Gasteiger partial charge in [0.15, 0.2) is 8.32 Å². The lowest BCUT2D eigenvalue weighted by molar-refractivity contribution is -0.0766. The van der Waals surface area contributed by atoms with E-state index in [9.17, 15) is 0 Å². The van der Waals surface area contributed by atoms with Crippen LogP contribution in [-0.4, -0.2) is 22.5 Å². The molecule has 3 atom stereocenters. The molecule has 0 aromatic rings. The van der Waals surface area contributed by atoms with Crippen molar-refractivity contribution in [1.29, 1.82) is 0 Å². The summed E-state index contributed by atoms with van der Waals surface area (Å²) in [5.41, 5.74) is 5.48. The molecule has 0 amide bonds. The molecule has 0 N–H and O–H groups in total. The van der Waals surface area contributed by atoms with Gasteiger partial charge in [-0.1, -0.05) is 73.2 Å². The smallest absolute Gasteiger partial charge is 0.192 e. The average molecular weight is 405 g/mol. The minimum Gasteiger partial charge on any atom is -0.413 e. The van der Waals surface area contributed by atoms with Crippen LogP contribution in [0.25, 0.3) is 0 Å². The van der Waals surface area contributed by atoms with Gasteiger partial charge < -0.3 is 4.43 Å². The van der Waals surface area contributed by atoms with Crippen LogP contribution in [0.2, 0.25) is 37.8 Å². The number of allylic oxidation sites excluding steroid dienone is 2. The molecule has 3 heteroatoms. The van der Waals surface area contributed by atoms with Crippen LogP contribution in [0.15, 0.2) is 11.6 Å². The molecule has 0 bridgehead atoms. The van der Waals surface area contributed by atoms with Crippen LogP contribution in [0.5, 0.6) is 0 Å². The molecule has 2 aliphatic rings. The first-order chi connectivity index (χ1) is 12.0. The van der Waals surface area contributed by atoms with Crippen molar-refractivity contribution in [3.8, 4) is 11.5 Å². The Balaban J connectivity index is 2.26. The van der Waals surface area contributed by atoms with Gasteiger partial charge >= 0.3 is 0 Å². The van der Waals surface area contributed by atoms with E-state index in [-0.39, 0.29) is 15.9 Å². The summed E-state index contributed by atoms with van der Waals surface area (Å²) in [5, 5.41) is 0.274. The van der Waals surface area contributed by atoms with Crippen molar-refractivity contribution in [3.05, 3.63) is 11.6 Å². The molecule has 0 unspecified atom stereocenters. The van der Waals surface area contributed by atoms with Gasteiger partial charge in [0.25, 0.3) is 0 Å². The van der Waals surface area contributed by atoms with Crippen LogP contribution in [0.3, 0.4) is 0 Å². The maximum Gasteiger partial charge on any atom is 0.192 e. The molecule has 2 aliphatic carbocycles. The highest BCUT2D eigenvalue weighted by atomic mass is 28.4. The van der Waals surface area contributed by atoms with Crippen LogP contribution < -0.4 is 0 Å². The second-order valence-electron chi connectivity index (χ2n) is 12.5. The summed E-state index contributed by atoms with van der Waals surface area (Å²) in [4.78, 5) is 0. The van der Waals surface area contributed by atoms with E-state index >= 15 is 0 Å². The van der Waals surface area contributed by atoms with Gasteiger partial charge in [0, 0.05) is 0 Å². The van der Waals surface area contributed by atoms with E-state index in [1.54, 1.807) is 0 Å². The zero-order valence-corrected chi connectivity index (χ0v) is 22.0. The van der Waals surface area contributed by atoms with E-state index in [4.69, 9.17) is 4.43 Å². The monoisotopic (exact) mass is 404 g/mol. The predicted octanol–water partition coefficient (Wildman–Crippen LogP) is 7.42. The Hall–Kier alpha value is -0.306. The van der Waals surface area contributed by atoms with E-state index < -0.39 is 16.4 Å². The average Bonchev–Trinajstić information content (AvgIpc) is 2.46. The number of rotatable bonds is 2. The van der Waals surface area contributed by atoms with E-state index in [0.717, 1.165) is 6.42 Å². The highest BCUT2D eigenvalue weighted by molar-refractivity contribution is 6.83. The summed E-state index contributed by atoms with van der Waals surface area (Å²) in [6, 6.07) is 0. The molecule has 0 aromatic carbocycles. The molecular weight excluding hydrogens is 360 g/mol. The molecule has 1 nitrogen and oxygen atoms in total. The van der Waals surface area contributed by atoms with E-state index in [1.165, 1.54) is 24.8 Å². The summed E-state index contributed by atoms with van der Waals surface area (Å²) in [6.45, 7) is 26.3. The lowest BCUT2D eigenvalue weighted by Gasteiger charge is -2.57. The zero-order valence-electron chi connectivity index (χ0n) is 20.0. The first-order valence-electron chi connectivity index (χ1n) is 10.9. The first-order valence-corrected chi connectivity index (χ1v) is 17.3. The van der Waals surface area contributed by atoms with Gasteiger partial charge in [-0.15, -0.1) is 5.54 Å². The molecule has 0 radical (unpaired) electrons. The van der Waals surface area contributed by atoms with Crippen molar-refractivity contribution in [1.82, 2.24) is 0 Å². The third-order valence-electron chi connectivity index (χ3n) is 7.52. The second-order valence-corrected chi connectivity index (χ2v) is 22.0. The van der Waals surface area contributed by atoms with Gasteiger partial charge in [0.1, 0.15) is 8.07 Å². The second kappa shape index (κ2) is 7.19. The number of hydrogen-bond donors (Lipinski definition) is 0. The molecule has 1 fully saturated rings. The third-order valence-corrected chi connectivity index (χ3v) is 12.9. The summed E-state index contributed by atoms with van der Waals surface area (Å²) in [6.07, 6.45) is 7.76. The molecule has 0 aromatic heterocycles. The van der Waals surface area contributed by atoms with Gasteiger partial charge in [-0.05, 0) is 66.1 Å². The Morgan fingerprint density at radius 1 is 1.04 bits per heavy atom. The van der Waals surface area contributed by atoms with Crippen LogP contribution in [0.1, 0.15) is 67.2 Å². The SMILES string of the molecule is CC1(C)[C@@H](O[Si](C)(C)C(C)(C)C)CC[C@]2(C)C=C(C#C[Si](C)(C)C)CC[C@@H]12. The highest BCUT2D eigenvalue weighted by Crippen LogP contribution is 2.58. The lowest BCUT2D eigenvalue weighted by atomic mass is 9.52. The van der Waals surface area contributed by atoms with Gasteiger partial charge in [-0.25, -0.2) is 0 Å². The van der Waals surface area contributed by atoms with Crippen LogP contribution in [0.4, 0.5) is 0 Å². The minimum atomic E-state index is -1.74. The Bertz CT molecular complexity index is 649. The highest BCUT2D eigenvalue weighted by Gasteiger charge is 2.53. The molecule has 154 valence electrons. The van der Waals surface area contributed by atoms with E-state index in [1.807, 2.05) is 0 Å². The van der Waals surface area contributed by atoms with Crippen LogP contribution in [-0.2, 0) is 4.43 Å². The molecule has 2 rings (SSSR count). The van der Waals surface area contributed by atoms with Gasteiger partial charge in [0.2, 0.25) is 0 Å². The Labute approximate surface area is 171 Å². The van der Waals surface area contributed by atoms with Crippen molar-refractivity contribution in [2.45, 2.75) is 111 Å². The van der Waals surface area contributed by atoms with Crippen molar-refractivity contribution in [3.63, 3.8) is 0 Å². The zero-order chi connectivity index (χ0) is 20.9. The molecule has 0 aliphatic heterocycles. The molecule has 0 spiro atoms. The first kappa shape index (κ1) is 23.0. The standard InChI is InChI=1S/C24H44OSi2/c1-22(2,3)27(10,11)25-21-14-16-24(6)18-19(15-17-26(7,8)9)12-13-20(24)23(21,4)5/h18,20-21H,12-14,16H2,1-11H3/t20-,21-,24+/m0/s1. The molecule has 1 saturated carbocycles. The van der Waals surface area contributed by atoms with Crippen molar-refractivity contribution in [2.24, 2.45) is 16.7 Å². The molecule has 0 heterocycles. The fraction of sp³-hybridized carbons (Fsp3) is 0.833. The molecular formula is C24H44OSi2. The van der Waals surface area contributed by atoms with Gasteiger partial charge in [0.05, 0.1) is 6.10 Å². The van der Waals surface area contributed by atoms with Crippen molar-refractivity contribution >= 4 is 16.4 Å². The van der Waals surface area contributed by atoms with Crippen LogP contribution in [0, 0.1) is 28.2 Å². The Morgan fingerprint density at radius 3 is 2.15 bits per heavy atom. The fourth-order valence-corrected chi connectivity index (χ4v) is 6.84. The van der Waals surface area contributed by atoms with Crippen molar-refractivity contribution < 1.29 is 4.43 Å². The fourth-order valence-electron chi connectivity index (χ4n) is 4.82. The summed E-state index contributed by atoms with van der Waals surface area (Å²) in [5.74, 6) is 4.25. The lowest BCUT2D eigenvalue weighted by Crippen LogP contribution is -2.55. The van der Waals surface area contributed by atoms with E-state index in [0.29, 0.717) is 12.0 Å². The topological polar surface area (TPSA) is 9.23 Å². The summed E-state index contributed by atoms with van der Waals surface area (Å²) >= 11 is 0. The van der Waals surface area contributed by atoms with Crippen LogP contribution >= 0.6 is 0 Å². The Kier molecular flexibility index (Phi) is 6.12. The quantitative estimate of drug-likeness (QED) is 0.343. The third kappa shape index (κ3) is 5.00. The van der Waals surface area contributed by atoms with Gasteiger partial charge in [-0.2, -0.15) is 0 Å². The maximum absolute atomic E-state index is 6.97. The van der Waals surface area contributed by atoms with Gasteiger partial charge in [-0.3, -0.25) is 0 Å². The predicted molar refractivity (Wildman–Crippen MR) is 125 cm³/mol. The molecule has 0 saturated heterocycles. The summed E-state index contributed by atoms with van der Waals surface area (Å²) in [7, 11) is -3.05. The Morgan fingerprint density at radius 2 is 1.63 bits per heavy atom. The molecule has 27 heavy (non-hydrogen) atoms. The normalized spacial score (nSPS) is 31.4. The largest absolute Gasteiger partial charge is 0.413 e.